The van der Waals surface area contributed by atoms with Crippen LogP contribution in [0.1, 0.15) is 20.8 Å². The highest BCUT2D eigenvalue weighted by Gasteiger charge is 2.31. The van der Waals surface area contributed by atoms with Crippen LogP contribution in [0.3, 0.4) is 0 Å². The van der Waals surface area contributed by atoms with Gasteiger partial charge in [-0.3, -0.25) is 0 Å². The van der Waals surface area contributed by atoms with Crippen molar-refractivity contribution < 1.29 is 19.4 Å². The summed E-state index contributed by atoms with van der Waals surface area (Å²) in [5.74, 6) is 0. The Balaban J connectivity index is 2.59. The van der Waals surface area contributed by atoms with Gasteiger partial charge in [-0.25, -0.2) is 4.79 Å². The molecular weight excluding hydrogens is 246 g/mol. The summed E-state index contributed by atoms with van der Waals surface area (Å²) in [4.78, 5) is 13.6. The summed E-state index contributed by atoms with van der Waals surface area (Å²) in [6.07, 6.45) is -0.416. The molecule has 0 saturated carbocycles. The summed E-state index contributed by atoms with van der Waals surface area (Å²) < 4.78 is 10.2. The summed E-state index contributed by atoms with van der Waals surface area (Å²) in [5.41, 5.74) is -2.76. The number of rotatable bonds is 3. The van der Waals surface area contributed by atoms with Crippen molar-refractivity contribution in [3.63, 3.8) is 0 Å². The van der Waals surface area contributed by atoms with Gasteiger partial charge in [0.15, 0.2) is 0 Å². The molecule has 0 aliphatic carbocycles. The minimum absolute atomic E-state index is 0.0236. The highest BCUT2D eigenvalue weighted by atomic mass is 16.6. The van der Waals surface area contributed by atoms with E-state index in [0.717, 1.165) is 0 Å². The molecule has 0 aromatic carbocycles. The Morgan fingerprint density at radius 1 is 1.47 bits per heavy atom. The van der Waals surface area contributed by atoms with Crippen molar-refractivity contribution in [3.05, 3.63) is 0 Å². The fraction of sp³-hybridized carbons (Fsp3) is 0.909. The minimum Gasteiger partial charge on any atom is -0.444 e. The van der Waals surface area contributed by atoms with Crippen molar-refractivity contribution in [1.29, 1.82) is 0 Å². The first kappa shape index (κ1) is 16.3. The number of hydrogen-bond acceptors (Lipinski definition) is 5. The molecule has 1 amide bonds. The first-order valence-corrected chi connectivity index (χ1v) is 6.23. The van der Waals surface area contributed by atoms with Crippen LogP contribution in [0.2, 0.25) is 0 Å². The predicted molar refractivity (Wildman–Crippen MR) is 72.0 cm³/mol. The lowest BCUT2D eigenvalue weighted by Gasteiger charge is -2.38. The summed E-state index contributed by atoms with van der Waals surface area (Å²) in [6, 6.07) is -0.290. The summed E-state index contributed by atoms with van der Waals surface area (Å²) in [6.45, 7) is 7.12. The molecule has 1 rings (SSSR count). The van der Waals surface area contributed by atoms with Crippen molar-refractivity contribution in [3.8, 4) is 0 Å². The highest BCUT2D eigenvalue weighted by Crippen LogP contribution is 2.14. The number of hydrogen-bond donors (Lipinski definition) is 2. The maximum Gasteiger partial charge on any atom is 0.410 e. The summed E-state index contributed by atoms with van der Waals surface area (Å²) in [5, 5.41) is 12.3. The van der Waals surface area contributed by atoms with Gasteiger partial charge in [0, 0.05) is 19.6 Å². The number of piperazine rings is 1. The first-order chi connectivity index (χ1) is 8.58. The second-order valence-corrected chi connectivity index (χ2v) is 5.59. The molecule has 2 N–H and O–H groups in total. The number of amides is 1. The number of carbonyl (C=O) groups is 1. The van der Waals surface area contributed by atoms with Crippen LogP contribution in [-0.2, 0) is 9.47 Å². The van der Waals surface area contributed by atoms with Crippen LogP contribution in [0, 0.1) is 0 Å². The van der Waals surface area contributed by atoms with Gasteiger partial charge in [0.05, 0.1) is 18.2 Å². The van der Waals surface area contributed by atoms with Crippen LogP contribution in [-0.4, -0.2) is 75.3 Å². The molecule has 4 radical (unpaired) electrons. The molecular formula is C11H20B2N2O4. The summed E-state index contributed by atoms with van der Waals surface area (Å²) in [7, 11) is 10.3. The number of nitrogens with one attached hydrogen (secondary N) is 1. The van der Waals surface area contributed by atoms with E-state index in [2.05, 4.69) is 5.32 Å². The van der Waals surface area contributed by atoms with Crippen LogP contribution in [0.5, 0.6) is 0 Å². The predicted octanol–water partition coefficient (Wildman–Crippen LogP) is -0.847. The molecule has 1 atom stereocenters. The lowest BCUT2D eigenvalue weighted by Crippen LogP contribution is -2.57. The second kappa shape index (κ2) is 6.15. The molecule has 1 saturated heterocycles. The van der Waals surface area contributed by atoms with Crippen LogP contribution >= 0.6 is 0 Å². The van der Waals surface area contributed by atoms with Crippen molar-refractivity contribution in [2.24, 2.45) is 0 Å². The number of ether oxygens (including phenoxy) is 2. The Bertz CT molecular complexity index is 315. The fourth-order valence-electron chi connectivity index (χ4n) is 1.70. The van der Waals surface area contributed by atoms with E-state index in [1.807, 2.05) is 0 Å². The maximum absolute atomic E-state index is 12.0. The van der Waals surface area contributed by atoms with E-state index in [4.69, 9.17) is 30.3 Å². The monoisotopic (exact) mass is 266 g/mol. The zero-order valence-corrected chi connectivity index (χ0v) is 11.7. The van der Waals surface area contributed by atoms with Gasteiger partial charge in [0.2, 0.25) is 0 Å². The van der Waals surface area contributed by atoms with Crippen LogP contribution < -0.4 is 5.32 Å². The molecule has 0 spiro atoms. The van der Waals surface area contributed by atoms with E-state index in [-0.39, 0.29) is 12.6 Å². The zero-order chi connectivity index (χ0) is 14.7. The van der Waals surface area contributed by atoms with E-state index < -0.39 is 17.3 Å². The summed E-state index contributed by atoms with van der Waals surface area (Å²) >= 11 is 0. The Morgan fingerprint density at radius 3 is 2.63 bits per heavy atom. The fourth-order valence-corrected chi connectivity index (χ4v) is 1.70. The third-order valence-electron chi connectivity index (χ3n) is 2.49. The van der Waals surface area contributed by atoms with Gasteiger partial charge in [0.1, 0.15) is 21.3 Å². The Hall–Kier alpha value is -0.720. The zero-order valence-electron chi connectivity index (χ0n) is 11.7. The standard InChI is InChI=1S/C11H20B2N2O4/c1-10(2,3)19-9(16)15-5-4-14-6-8(15)7-18-11(12,13)17/h8,14,17H,4-7H2,1-3H3. The van der Waals surface area contributed by atoms with E-state index in [1.165, 1.54) is 0 Å². The number of carbonyl (C=O) groups excluding carboxylic acids is 1. The molecule has 0 aromatic heterocycles. The second-order valence-electron chi connectivity index (χ2n) is 5.59. The SMILES string of the molecule is [B]C([B])(O)OCC1CNCCN1C(=O)OC(C)(C)C. The van der Waals surface area contributed by atoms with Crippen LogP contribution in [0.4, 0.5) is 4.79 Å². The topological polar surface area (TPSA) is 71.0 Å². The maximum atomic E-state index is 12.0. The van der Waals surface area contributed by atoms with Gasteiger partial charge < -0.3 is 24.8 Å². The third-order valence-corrected chi connectivity index (χ3v) is 2.49. The minimum atomic E-state index is -2.20. The number of nitrogens with zero attached hydrogens (tertiary/aromatic N) is 1. The molecule has 19 heavy (non-hydrogen) atoms. The van der Waals surface area contributed by atoms with Crippen LogP contribution in [0.15, 0.2) is 0 Å². The van der Waals surface area contributed by atoms with E-state index in [9.17, 15) is 4.79 Å². The first-order valence-electron chi connectivity index (χ1n) is 6.23. The van der Waals surface area contributed by atoms with Gasteiger partial charge in [-0.2, -0.15) is 0 Å². The molecule has 8 heteroatoms. The average Bonchev–Trinajstić information content (AvgIpc) is 2.23. The molecule has 1 fully saturated rings. The van der Waals surface area contributed by atoms with E-state index in [1.54, 1.807) is 25.7 Å². The largest absolute Gasteiger partial charge is 0.444 e. The quantitative estimate of drug-likeness (QED) is 0.514. The molecule has 0 bridgehead atoms. The number of aliphatic hydroxyl groups is 1. The molecule has 1 aliphatic heterocycles. The van der Waals surface area contributed by atoms with Gasteiger partial charge in [-0.1, -0.05) is 0 Å². The van der Waals surface area contributed by atoms with E-state index in [0.29, 0.717) is 19.6 Å². The smallest absolute Gasteiger partial charge is 0.410 e. The normalized spacial score (nSPS) is 21.3. The third kappa shape index (κ3) is 6.31. The molecule has 1 aliphatic rings. The molecule has 1 unspecified atom stereocenters. The van der Waals surface area contributed by atoms with Gasteiger partial charge in [-0.15, -0.1) is 0 Å². The van der Waals surface area contributed by atoms with Gasteiger partial charge >= 0.3 is 6.09 Å². The molecule has 6 nitrogen and oxygen atoms in total. The Kier molecular flexibility index (Phi) is 5.29. The average molecular weight is 266 g/mol. The van der Waals surface area contributed by atoms with Crippen molar-refractivity contribution >= 4 is 21.8 Å². The lowest BCUT2D eigenvalue weighted by molar-refractivity contribution is -0.0952. The lowest BCUT2D eigenvalue weighted by atomic mass is 9.76. The van der Waals surface area contributed by atoms with Crippen molar-refractivity contribution in [1.82, 2.24) is 10.2 Å². The van der Waals surface area contributed by atoms with Gasteiger partial charge in [-0.05, 0) is 20.8 Å². The van der Waals surface area contributed by atoms with Crippen molar-refractivity contribution in [2.75, 3.05) is 26.2 Å². The van der Waals surface area contributed by atoms with Gasteiger partial charge in [0.25, 0.3) is 0 Å². The van der Waals surface area contributed by atoms with Crippen LogP contribution in [0.25, 0.3) is 0 Å². The molecule has 0 aromatic rings. The molecule has 1 heterocycles. The molecule has 104 valence electrons. The highest BCUT2D eigenvalue weighted by molar-refractivity contribution is 6.37. The van der Waals surface area contributed by atoms with E-state index >= 15 is 0 Å². The Labute approximate surface area is 116 Å². The van der Waals surface area contributed by atoms with Crippen molar-refractivity contribution in [2.45, 2.75) is 38.0 Å². The Morgan fingerprint density at radius 2 is 2.11 bits per heavy atom.